The molecule has 1 atom stereocenters. The molecule has 2 aromatic rings. The van der Waals surface area contributed by atoms with Gasteiger partial charge < -0.3 is 5.32 Å². The Hall–Kier alpha value is -1.45. The van der Waals surface area contributed by atoms with Crippen LogP contribution in [-0.4, -0.2) is 12.2 Å². The lowest BCUT2D eigenvalue weighted by Crippen LogP contribution is -2.17. The van der Waals surface area contributed by atoms with Gasteiger partial charge in [-0.05, 0) is 24.0 Å². The van der Waals surface area contributed by atoms with Crippen molar-refractivity contribution in [3.63, 3.8) is 0 Å². The number of hydrogen-bond acceptors (Lipinski definition) is 2. The highest BCUT2D eigenvalue weighted by molar-refractivity contribution is 7.98. The van der Waals surface area contributed by atoms with E-state index in [-0.39, 0.29) is 5.91 Å². The number of anilines is 1. The summed E-state index contributed by atoms with van der Waals surface area (Å²) < 4.78 is 0. The zero-order valence-corrected chi connectivity index (χ0v) is 12.0. The van der Waals surface area contributed by atoms with Crippen molar-refractivity contribution in [2.45, 2.75) is 10.3 Å². The summed E-state index contributed by atoms with van der Waals surface area (Å²) in [6.07, 6.45) is 1.97. The fourth-order valence-corrected chi connectivity index (χ4v) is 2.47. The van der Waals surface area contributed by atoms with Crippen LogP contribution in [0.1, 0.15) is 10.9 Å². The van der Waals surface area contributed by atoms with E-state index in [4.69, 9.17) is 11.6 Å². The van der Waals surface area contributed by atoms with Gasteiger partial charge in [0, 0.05) is 4.90 Å². The van der Waals surface area contributed by atoms with Crippen LogP contribution in [0.5, 0.6) is 0 Å². The molecular formula is C15H14ClNOS. The monoisotopic (exact) mass is 291 g/mol. The van der Waals surface area contributed by atoms with Crippen molar-refractivity contribution in [1.82, 2.24) is 0 Å². The Bertz CT molecular complexity index is 559. The third-order valence-corrected chi connectivity index (χ3v) is 3.93. The Morgan fingerprint density at radius 3 is 2.42 bits per heavy atom. The van der Waals surface area contributed by atoms with Crippen LogP contribution in [0.3, 0.4) is 0 Å². The number of benzene rings is 2. The lowest BCUT2D eigenvalue weighted by Gasteiger charge is -2.13. The van der Waals surface area contributed by atoms with Crippen molar-refractivity contribution in [3.8, 4) is 0 Å². The maximum atomic E-state index is 12.1. The summed E-state index contributed by atoms with van der Waals surface area (Å²) in [4.78, 5) is 13.1. The molecule has 19 heavy (non-hydrogen) atoms. The van der Waals surface area contributed by atoms with Crippen LogP contribution in [0.15, 0.2) is 59.5 Å². The number of halogens is 1. The summed E-state index contributed by atoms with van der Waals surface area (Å²) in [5.41, 5.74) is 1.59. The number of para-hydroxylation sites is 1. The fraction of sp³-hybridized carbons (Fsp3) is 0.133. The number of rotatable bonds is 4. The van der Waals surface area contributed by atoms with E-state index in [0.717, 1.165) is 16.1 Å². The minimum Gasteiger partial charge on any atom is -0.323 e. The van der Waals surface area contributed by atoms with Crippen molar-refractivity contribution in [2.75, 3.05) is 11.6 Å². The maximum absolute atomic E-state index is 12.1. The summed E-state index contributed by atoms with van der Waals surface area (Å²) in [6.45, 7) is 0. The predicted molar refractivity (Wildman–Crippen MR) is 81.9 cm³/mol. The lowest BCUT2D eigenvalue weighted by molar-refractivity contribution is -0.116. The first-order valence-electron chi connectivity index (χ1n) is 5.85. The van der Waals surface area contributed by atoms with Gasteiger partial charge >= 0.3 is 0 Å². The second-order valence-corrected chi connectivity index (χ2v) is 5.25. The van der Waals surface area contributed by atoms with Gasteiger partial charge in [-0.25, -0.2) is 0 Å². The molecule has 1 unspecified atom stereocenters. The number of amides is 1. The average Bonchev–Trinajstić information content (AvgIpc) is 2.48. The van der Waals surface area contributed by atoms with Crippen molar-refractivity contribution >= 4 is 35.0 Å². The Balaban J connectivity index is 2.13. The van der Waals surface area contributed by atoms with Crippen LogP contribution in [0, 0.1) is 0 Å². The molecule has 0 aliphatic heterocycles. The van der Waals surface area contributed by atoms with Crippen molar-refractivity contribution < 1.29 is 4.79 Å². The molecule has 4 heteroatoms. The van der Waals surface area contributed by atoms with Gasteiger partial charge in [0.2, 0.25) is 5.91 Å². The van der Waals surface area contributed by atoms with Gasteiger partial charge in [0.05, 0.1) is 5.69 Å². The van der Waals surface area contributed by atoms with Gasteiger partial charge in [-0.3, -0.25) is 4.79 Å². The van der Waals surface area contributed by atoms with Crippen LogP contribution in [0.4, 0.5) is 5.69 Å². The standard InChI is InChI=1S/C15H14ClNOS/c1-19-13-10-6-5-9-12(13)17-15(18)14(16)11-7-3-2-4-8-11/h2-10,14H,1H3,(H,17,18). The molecule has 0 radical (unpaired) electrons. The van der Waals surface area contributed by atoms with E-state index in [1.165, 1.54) is 0 Å². The van der Waals surface area contributed by atoms with Crippen LogP contribution in [0.25, 0.3) is 0 Å². The third kappa shape index (κ3) is 3.52. The van der Waals surface area contributed by atoms with Crippen LogP contribution < -0.4 is 5.32 Å². The molecule has 2 nitrogen and oxygen atoms in total. The van der Waals surface area contributed by atoms with Crippen molar-refractivity contribution in [3.05, 3.63) is 60.2 Å². The zero-order valence-electron chi connectivity index (χ0n) is 10.5. The van der Waals surface area contributed by atoms with E-state index in [1.807, 2.05) is 60.9 Å². The van der Waals surface area contributed by atoms with Gasteiger partial charge in [-0.15, -0.1) is 23.4 Å². The summed E-state index contributed by atoms with van der Waals surface area (Å²) >= 11 is 7.77. The molecular weight excluding hydrogens is 278 g/mol. The number of nitrogens with one attached hydrogen (secondary N) is 1. The predicted octanol–water partition coefficient (Wildman–Crippen LogP) is 4.33. The highest BCUT2D eigenvalue weighted by Crippen LogP contribution is 2.27. The second-order valence-electron chi connectivity index (χ2n) is 3.96. The molecule has 0 fully saturated rings. The van der Waals surface area contributed by atoms with E-state index in [0.29, 0.717) is 0 Å². The second kappa shape index (κ2) is 6.64. The molecule has 0 saturated carbocycles. The maximum Gasteiger partial charge on any atom is 0.247 e. The highest BCUT2D eigenvalue weighted by Gasteiger charge is 2.18. The first-order chi connectivity index (χ1) is 9.22. The van der Waals surface area contributed by atoms with Gasteiger partial charge in [0.15, 0.2) is 0 Å². The fourth-order valence-electron chi connectivity index (χ4n) is 1.72. The molecule has 0 saturated heterocycles. The smallest absolute Gasteiger partial charge is 0.247 e. The van der Waals surface area contributed by atoms with E-state index in [9.17, 15) is 4.79 Å². The Kier molecular flexibility index (Phi) is 4.88. The summed E-state index contributed by atoms with van der Waals surface area (Å²) in [6, 6.07) is 17.0. The zero-order chi connectivity index (χ0) is 13.7. The topological polar surface area (TPSA) is 29.1 Å². The summed E-state index contributed by atoms with van der Waals surface area (Å²) in [5.74, 6) is -0.214. The number of carbonyl (C=O) groups excluding carboxylic acids is 1. The molecule has 0 spiro atoms. The summed E-state index contributed by atoms with van der Waals surface area (Å²) in [5, 5.41) is 2.18. The number of thioether (sulfide) groups is 1. The van der Waals surface area contributed by atoms with E-state index in [2.05, 4.69) is 5.32 Å². The molecule has 0 aliphatic carbocycles. The minimum atomic E-state index is -0.684. The van der Waals surface area contributed by atoms with E-state index in [1.54, 1.807) is 11.8 Å². The summed E-state index contributed by atoms with van der Waals surface area (Å²) in [7, 11) is 0. The van der Waals surface area contributed by atoms with E-state index >= 15 is 0 Å². The van der Waals surface area contributed by atoms with Gasteiger partial charge in [0.1, 0.15) is 5.38 Å². The molecule has 0 aliphatic rings. The SMILES string of the molecule is CSc1ccccc1NC(=O)C(Cl)c1ccccc1. The van der Waals surface area contributed by atoms with Crippen LogP contribution in [-0.2, 0) is 4.79 Å². The third-order valence-electron chi connectivity index (χ3n) is 2.69. The number of alkyl halides is 1. The quantitative estimate of drug-likeness (QED) is 0.671. The first kappa shape index (κ1) is 14.0. The number of carbonyl (C=O) groups is 1. The molecule has 98 valence electrons. The van der Waals surface area contributed by atoms with E-state index < -0.39 is 5.38 Å². The van der Waals surface area contributed by atoms with Crippen LogP contribution >= 0.6 is 23.4 Å². The Morgan fingerprint density at radius 2 is 1.74 bits per heavy atom. The Labute approximate surface area is 122 Å². The average molecular weight is 292 g/mol. The first-order valence-corrected chi connectivity index (χ1v) is 7.51. The molecule has 2 aromatic carbocycles. The Morgan fingerprint density at radius 1 is 1.11 bits per heavy atom. The molecule has 0 bridgehead atoms. The normalized spacial score (nSPS) is 11.9. The molecule has 0 aromatic heterocycles. The largest absolute Gasteiger partial charge is 0.323 e. The lowest BCUT2D eigenvalue weighted by atomic mass is 10.1. The van der Waals surface area contributed by atoms with Gasteiger partial charge in [-0.1, -0.05) is 42.5 Å². The van der Waals surface area contributed by atoms with Crippen LogP contribution in [0.2, 0.25) is 0 Å². The van der Waals surface area contributed by atoms with Gasteiger partial charge in [-0.2, -0.15) is 0 Å². The minimum absolute atomic E-state index is 0.214. The van der Waals surface area contributed by atoms with Gasteiger partial charge in [0.25, 0.3) is 0 Å². The molecule has 2 rings (SSSR count). The number of hydrogen-bond donors (Lipinski definition) is 1. The van der Waals surface area contributed by atoms with Crippen molar-refractivity contribution in [2.24, 2.45) is 0 Å². The molecule has 1 N–H and O–H groups in total. The molecule has 1 amide bonds. The highest BCUT2D eigenvalue weighted by atomic mass is 35.5. The van der Waals surface area contributed by atoms with Crippen molar-refractivity contribution in [1.29, 1.82) is 0 Å². The molecule has 0 heterocycles.